The molecule has 1 heterocycles. The van der Waals surface area contributed by atoms with E-state index in [1.54, 1.807) is 0 Å². The van der Waals surface area contributed by atoms with Crippen LogP contribution in [0.4, 0.5) is 0 Å². The average Bonchev–Trinajstić information content (AvgIpc) is 2.87. The van der Waals surface area contributed by atoms with Crippen molar-refractivity contribution >= 4 is 5.91 Å². The van der Waals surface area contributed by atoms with E-state index in [1.165, 1.54) is 0 Å². The number of hydrogen-bond acceptors (Lipinski definition) is 4. The Morgan fingerprint density at radius 1 is 0.906 bits per heavy atom. The lowest BCUT2D eigenvalue weighted by Crippen LogP contribution is -2.32. The summed E-state index contributed by atoms with van der Waals surface area (Å²) in [5.41, 5.74) is 3.97. The molecule has 164 valence electrons. The smallest absolute Gasteiger partial charge is 0.286 e. The molecule has 0 aliphatic carbocycles. The van der Waals surface area contributed by atoms with Crippen LogP contribution in [0, 0.1) is 0 Å². The zero-order chi connectivity index (χ0) is 22.2. The van der Waals surface area contributed by atoms with Crippen molar-refractivity contribution in [1.29, 1.82) is 0 Å². The molecule has 2 atom stereocenters. The van der Waals surface area contributed by atoms with Crippen LogP contribution in [0.1, 0.15) is 34.6 Å². The van der Waals surface area contributed by atoms with Crippen LogP contribution in [-0.2, 0) is 34.0 Å². The Morgan fingerprint density at radius 2 is 1.56 bits per heavy atom. The maximum absolute atomic E-state index is 12.9. The Kier molecular flexibility index (Phi) is 7.33. The van der Waals surface area contributed by atoms with Gasteiger partial charge in [0.2, 0.25) is 6.29 Å². The summed E-state index contributed by atoms with van der Waals surface area (Å²) in [4.78, 5) is 12.9. The highest BCUT2D eigenvalue weighted by Crippen LogP contribution is 2.31. The number of carbonyl (C=O) groups excluding carboxylic acids is 1. The number of rotatable bonds is 8. The van der Waals surface area contributed by atoms with Crippen molar-refractivity contribution in [1.82, 2.24) is 5.32 Å². The van der Waals surface area contributed by atoms with Gasteiger partial charge in [-0.25, -0.2) is 0 Å². The molecule has 3 aromatic carbocycles. The van der Waals surface area contributed by atoms with E-state index in [-0.39, 0.29) is 24.2 Å². The molecule has 0 saturated carbocycles. The molecule has 0 aromatic heterocycles. The molecule has 5 nitrogen and oxygen atoms in total. The average molecular weight is 430 g/mol. The second-order valence-electron chi connectivity index (χ2n) is 7.79. The third kappa shape index (κ3) is 5.84. The summed E-state index contributed by atoms with van der Waals surface area (Å²) < 4.78 is 12.0. The Labute approximate surface area is 188 Å². The maximum atomic E-state index is 12.9. The lowest BCUT2D eigenvalue weighted by Gasteiger charge is -2.29. The number of carbonyl (C=O) groups is 1. The predicted molar refractivity (Wildman–Crippen MR) is 122 cm³/mol. The second kappa shape index (κ2) is 10.8. The standard InChI is InChI=1S/C27H27NO4/c29-18-21-11-13-22(14-12-21)19-31-26-16-24(23-9-5-2-6-10-23)15-25(32-26)27(30)28-17-20-7-3-1-4-8-20/h1-15,24,26,29H,16-19H2,(H,28,30)/t24-,26+/m0/s1. The summed E-state index contributed by atoms with van der Waals surface area (Å²) in [5, 5.41) is 12.1. The number of nitrogens with one attached hydrogen (secondary N) is 1. The fraction of sp³-hybridized carbons (Fsp3) is 0.222. The SMILES string of the molecule is O=C(NCc1ccccc1)C1=C[C@H](c2ccccc2)C[C@H](OCc2ccc(CO)cc2)O1. The number of ether oxygens (including phenoxy) is 2. The van der Waals surface area contributed by atoms with Gasteiger partial charge in [-0.1, -0.05) is 84.9 Å². The van der Waals surface area contributed by atoms with Crippen molar-refractivity contribution in [2.45, 2.75) is 38.4 Å². The first-order valence-electron chi connectivity index (χ1n) is 10.8. The summed E-state index contributed by atoms with van der Waals surface area (Å²) in [7, 11) is 0. The second-order valence-corrected chi connectivity index (χ2v) is 7.79. The van der Waals surface area contributed by atoms with Gasteiger partial charge in [0.05, 0.1) is 13.2 Å². The van der Waals surface area contributed by atoms with Crippen LogP contribution < -0.4 is 5.32 Å². The number of amides is 1. The molecule has 0 radical (unpaired) electrons. The van der Waals surface area contributed by atoms with Gasteiger partial charge in [-0.15, -0.1) is 0 Å². The van der Waals surface area contributed by atoms with Gasteiger partial charge in [0.1, 0.15) is 0 Å². The molecular weight excluding hydrogens is 402 g/mol. The first-order chi connectivity index (χ1) is 15.7. The van der Waals surface area contributed by atoms with Crippen LogP contribution in [0.5, 0.6) is 0 Å². The van der Waals surface area contributed by atoms with E-state index in [0.717, 1.165) is 22.3 Å². The molecule has 0 unspecified atom stereocenters. The fourth-order valence-electron chi connectivity index (χ4n) is 3.65. The Bertz CT molecular complexity index is 1030. The summed E-state index contributed by atoms with van der Waals surface area (Å²) in [5.74, 6) is 0.0428. The molecule has 3 aromatic rings. The molecule has 2 N–H and O–H groups in total. The normalized spacial score (nSPS) is 17.8. The van der Waals surface area contributed by atoms with Crippen molar-refractivity contribution in [3.05, 3.63) is 119 Å². The maximum Gasteiger partial charge on any atom is 0.286 e. The fourth-order valence-corrected chi connectivity index (χ4v) is 3.65. The van der Waals surface area contributed by atoms with Gasteiger partial charge in [-0.2, -0.15) is 0 Å². The number of allylic oxidation sites excluding steroid dienone is 1. The lowest BCUT2D eigenvalue weighted by molar-refractivity contribution is -0.150. The summed E-state index contributed by atoms with van der Waals surface area (Å²) >= 11 is 0. The highest BCUT2D eigenvalue weighted by atomic mass is 16.7. The Hall–Kier alpha value is -3.41. The molecule has 32 heavy (non-hydrogen) atoms. The minimum atomic E-state index is -0.541. The molecule has 5 heteroatoms. The first kappa shape index (κ1) is 21.8. The van der Waals surface area contributed by atoms with E-state index in [4.69, 9.17) is 9.47 Å². The van der Waals surface area contributed by atoms with Crippen LogP contribution in [0.2, 0.25) is 0 Å². The number of aliphatic hydroxyl groups is 1. The molecule has 1 aliphatic heterocycles. The van der Waals surface area contributed by atoms with E-state index in [9.17, 15) is 9.90 Å². The Balaban J connectivity index is 1.45. The molecule has 1 amide bonds. The lowest BCUT2D eigenvalue weighted by atomic mass is 9.93. The number of aliphatic hydroxyl groups excluding tert-OH is 1. The predicted octanol–water partition coefficient (Wildman–Crippen LogP) is 4.43. The molecule has 0 bridgehead atoms. The zero-order valence-corrected chi connectivity index (χ0v) is 17.8. The summed E-state index contributed by atoms with van der Waals surface area (Å²) in [6.45, 7) is 0.799. The van der Waals surface area contributed by atoms with E-state index in [0.29, 0.717) is 19.6 Å². The van der Waals surface area contributed by atoms with E-state index in [1.807, 2.05) is 78.9 Å². The zero-order valence-electron chi connectivity index (χ0n) is 17.8. The van der Waals surface area contributed by atoms with Gasteiger partial charge in [0.15, 0.2) is 5.76 Å². The highest BCUT2D eigenvalue weighted by molar-refractivity contribution is 5.91. The summed E-state index contributed by atoms with van der Waals surface area (Å²) in [6, 6.07) is 27.4. The van der Waals surface area contributed by atoms with Crippen molar-refractivity contribution in [2.75, 3.05) is 0 Å². The number of benzene rings is 3. The van der Waals surface area contributed by atoms with E-state index in [2.05, 4.69) is 17.4 Å². The largest absolute Gasteiger partial charge is 0.459 e. The minimum absolute atomic E-state index is 0.0118. The van der Waals surface area contributed by atoms with Crippen LogP contribution in [0.3, 0.4) is 0 Å². The minimum Gasteiger partial charge on any atom is -0.459 e. The van der Waals surface area contributed by atoms with Gasteiger partial charge in [-0.05, 0) is 28.3 Å². The quantitative estimate of drug-likeness (QED) is 0.556. The van der Waals surface area contributed by atoms with Crippen LogP contribution in [0.15, 0.2) is 96.8 Å². The van der Waals surface area contributed by atoms with Crippen molar-refractivity contribution in [3.8, 4) is 0 Å². The van der Waals surface area contributed by atoms with E-state index < -0.39 is 6.29 Å². The van der Waals surface area contributed by atoms with Crippen molar-refractivity contribution in [3.63, 3.8) is 0 Å². The molecule has 0 spiro atoms. The van der Waals surface area contributed by atoms with Gasteiger partial charge < -0.3 is 19.9 Å². The molecule has 1 aliphatic rings. The van der Waals surface area contributed by atoms with Crippen LogP contribution in [0.25, 0.3) is 0 Å². The van der Waals surface area contributed by atoms with E-state index >= 15 is 0 Å². The van der Waals surface area contributed by atoms with Gasteiger partial charge >= 0.3 is 0 Å². The Morgan fingerprint density at radius 3 is 2.25 bits per heavy atom. The highest BCUT2D eigenvalue weighted by Gasteiger charge is 2.28. The van der Waals surface area contributed by atoms with Gasteiger partial charge in [-0.3, -0.25) is 4.79 Å². The van der Waals surface area contributed by atoms with Crippen molar-refractivity contribution in [2.24, 2.45) is 0 Å². The van der Waals surface area contributed by atoms with Gasteiger partial charge in [0, 0.05) is 18.9 Å². The topological polar surface area (TPSA) is 67.8 Å². The van der Waals surface area contributed by atoms with Crippen LogP contribution in [-0.4, -0.2) is 17.3 Å². The number of hydrogen-bond donors (Lipinski definition) is 2. The third-order valence-electron chi connectivity index (χ3n) is 5.45. The molecule has 4 rings (SSSR count). The molecule has 0 saturated heterocycles. The van der Waals surface area contributed by atoms with Crippen LogP contribution >= 0.6 is 0 Å². The van der Waals surface area contributed by atoms with Gasteiger partial charge in [0.25, 0.3) is 5.91 Å². The molecular formula is C27H27NO4. The molecule has 0 fully saturated rings. The third-order valence-corrected chi connectivity index (χ3v) is 5.45. The van der Waals surface area contributed by atoms with Crippen molar-refractivity contribution < 1.29 is 19.4 Å². The first-order valence-corrected chi connectivity index (χ1v) is 10.8. The summed E-state index contributed by atoms with van der Waals surface area (Å²) in [6.07, 6.45) is 1.96. The monoisotopic (exact) mass is 429 g/mol.